The Morgan fingerprint density at radius 3 is 2.68 bits per heavy atom. The Labute approximate surface area is 131 Å². The number of fused-ring (bicyclic) bond motifs is 1. The zero-order chi connectivity index (χ0) is 16.3. The molecule has 0 bridgehead atoms. The first-order valence-corrected chi connectivity index (χ1v) is 8.97. The zero-order valence-corrected chi connectivity index (χ0v) is 13.9. The molecule has 2 rings (SSSR count). The Balaban J connectivity index is 2.03. The highest BCUT2D eigenvalue weighted by Crippen LogP contribution is 2.21. The van der Waals surface area contributed by atoms with Crippen LogP contribution in [0.5, 0.6) is 0 Å². The first-order chi connectivity index (χ1) is 10.2. The first-order valence-electron chi connectivity index (χ1n) is 7.15. The third kappa shape index (κ3) is 4.71. The molecule has 7 heteroatoms. The lowest BCUT2D eigenvalue weighted by molar-refractivity contribution is 0.0730. The summed E-state index contributed by atoms with van der Waals surface area (Å²) in [6.07, 6.45) is 1.31. The molecule has 1 heterocycles. The van der Waals surface area contributed by atoms with Crippen molar-refractivity contribution in [1.82, 2.24) is 4.90 Å². The van der Waals surface area contributed by atoms with Gasteiger partial charge in [0.05, 0.1) is 19.0 Å². The van der Waals surface area contributed by atoms with Crippen molar-refractivity contribution in [1.29, 1.82) is 0 Å². The van der Waals surface area contributed by atoms with Gasteiger partial charge in [-0.3, -0.25) is 4.18 Å². The minimum Gasteiger partial charge on any atom is -0.447 e. The van der Waals surface area contributed by atoms with Crippen LogP contribution in [0.25, 0.3) is 0 Å². The molecule has 0 fully saturated rings. The largest absolute Gasteiger partial charge is 0.447 e. The van der Waals surface area contributed by atoms with Gasteiger partial charge in [0, 0.05) is 13.1 Å². The fraction of sp³-hybridized carbons (Fsp3) is 0.533. The number of benzene rings is 1. The summed E-state index contributed by atoms with van der Waals surface area (Å²) >= 11 is 0. The molecular formula is C15H21NO5S. The van der Waals surface area contributed by atoms with E-state index in [2.05, 4.69) is 0 Å². The molecule has 0 N–H and O–H groups in total. The van der Waals surface area contributed by atoms with E-state index in [1.807, 2.05) is 32.0 Å². The highest BCUT2D eigenvalue weighted by Gasteiger charge is 2.22. The van der Waals surface area contributed by atoms with Crippen LogP contribution in [0.1, 0.15) is 30.5 Å². The molecular weight excluding hydrogens is 306 g/mol. The molecule has 122 valence electrons. The molecule has 0 aromatic heterocycles. The summed E-state index contributed by atoms with van der Waals surface area (Å²) in [5.41, 5.74) is 2.97. The van der Waals surface area contributed by atoms with Crippen LogP contribution in [0, 0.1) is 0 Å². The smallest absolute Gasteiger partial charge is 0.410 e. The van der Waals surface area contributed by atoms with Crippen molar-refractivity contribution in [3.63, 3.8) is 0 Å². The van der Waals surface area contributed by atoms with Crippen molar-refractivity contribution < 1.29 is 22.1 Å². The van der Waals surface area contributed by atoms with Gasteiger partial charge in [-0.15, -0.1) is 0 Å². The summed E-state index contributed by atoms with van der Waals surface area (Å²) < 4.78 is 32.0. The summed E-state index contributed by atoms with van der Waals surface area (Å²) in [5, 5.41) is 0. The summed E-state index contributed by atoms with van der Waals surface area (Å²) in [7, 11) is -3.44. The van der Waals surface area contributed by atoms with E-state index in [4.69, 9.17) is 8.92 Å². The fourth-order valence-electron chi connectivity index (χ4n) is 2.30. The van der Waals surface area contributed by atoms with Crippen LogP contribution in [0.2, 0.25) is 0 Å². The van der Waals surface area contributed by atoms with E-state index in [0.29, 0.717) is 13.1 Å². The maximum Gasteiger partial charge on any atom is 0.410 e. The standard InChI is InChI=1S/C15H21NO5S/c1-11(2)21-15(17)16-7-6-13-8-12(4-5-14(13)9-16)10-20-22(3,18)19/h4-5,8,11H,6-7,9-10H2,1-3H3. The molecule has 0 saturated carbocycles. The second-order valence-electron chi connectivity index (χ2n) is 5.67. The molecule has 1 aromatic carbocycles. The van der Waals surface area contributed by atoms with E-state index >= 15 is 0 Å². The SMILES string of the molecule is CC(C)OC(=O)N1CCc2cc(COS(C)(=O)=O)ccc2C1. The molecule has 6 nitrogen and oxygen atoms in total. The van der Waals surface area contributed by atoms with Gasteiger partial charge in [0.15, 0.2) is 0 Å². The second kappa shape index (κ2) is 6.66. The van der Waals surface area contributed by atoms with Crippen molar-refractivity contribution >= 4 is 16.2 Å². The van der Waals surface area contributed by atoms with Gasteiger partial charge in [0.2, 0.25) is 0 Å². The Hall–Kier alpha value is -1.60. The average Bonchev–Trinajstić information content (AvgIpc) is 2.43. The van der Waals surface area contributed by atoms with Gasteiger partial charge < -0.3 is 9.64 Å². The van der Waals surface area contributed by atoms with Gasteiger partial charge in [-0.05, 0) is 37.0 Å². The van der Waals surface area contributed by atoms with Crippen molar-refractivity contribution in [3.8, 4) is 0 Å². The fourth-order valence-corrected chi connectivity index (χ4v) is 2.65. The van der Waals surface area contributed by atoms with Crippen LogP contribution in [-0.4, -0.2) is 38.3 Å². The van der Waals surface area contributed by atoms with Gasteiger partial charge in [-0.1, -0.05) is 18.2 Å². The van der Waals surface area contributed by atoms with Crippen LogP contribution in [0.4, 0.5) is 4.79 Å². The van der Waals surface area contributed by atoms with Crippen molar-refractivity contribution in [2.45, 2.75) is 39.5 Å². The van der Waals surface area contributed by atoms with Gasteiger partial charge in [-0.25, -0.2) is 4.79 Å². The summed E-state index contributed by atoms with van der Waals surface area (Å²) in [6.45, 7) is 4.78. The number of nitrogens with zero attached hydrogens (tertiary/aromatic N) is 1. The predicted octanol–water partition coefficient (Wildman–Crippen LogP) is 2.07. The van der Waals surface area contributed by atoms with Crippen LogP contribution in [-0.2, 0) is 38.6 Å². The van der Waals surface area contributed by atoms with Crippen LogP contribution >= 0.6 is 0 Å². The third-order valence-corrected chi connectivity index (χ3v) is 3.86. The van der Waals surface area contributed by atoms with E-state index in [0.717, 1.165) is 29.4 Å². The molecule has 0 unspecified atom stereocenters. The Morgan fingerprint density at radius 2 is 2.05 bits per heavy atom. The molecule has 1 aromatic rings. The minimum atomic E-state index is -3.44. The molecule has 0 aliphatic carbocycles. The van der Waals surface area contributed by atoms with Crippen LogP contribution in [0.3, 0.4) is 0 Å². The normalized spacial score (nSPS) is 14.8. The van der Waals surface area contributed by atoms with Crippen molar-refractivity contribution in [3.05, 3.63) is 34.9 Å². The summed E-state index contributed by atoms with van der Waals surface area (Å²) in [6, 6.07) is 5.66. The number of hydrogen-bond acceptors (Lipinski definition) is 5. The maximum atomic E-state index is 11.9. The first kappa shape index (κ1) is 16.8. The molecule has 0 radical (unpaired) electrons. The maximum absolute atomic E-state index is 11.9. The van der Waals surface area contributed by atoms with E-state index in [-0.39, 0.29) is 18.8 Å². The zero-order valence-electron chi connectivity index (χ0n) is 13.0. The van der Waals surface area contributed by atoms with Crippen molar-refractivity contribution in [2.24, 2.45) is 0 Å². The molecule has 0 atom stereocenters. The molecule has 0 spiro atoms. The van der Waals surface area contributed by atoms with Gasteiger partial charge in [0.1, 0.15) is 0 Å². The topological polar surface area (TPSA) is 72.9 Å². The summed E-state index contributed by atoms with van der Waals surface area (Å²) in [4.78, 5) is 13.6. The molecule has 0 saturated heterocycles. The van der Waals surface area contributed by atoms with E-state index in [1.54, 1.807) is 4.90 Å². The Bertz CT molecular complexity index is 654. The highest BCUT2D eigenvalue weighted by molar-refractivity contribution is 7.85. The molecule has 1 aliphatic heterocycles. The second-order valence-corrected chi connectivity index (χ2v) is 7.32. The Morgan fingerprint density at radius 1 is 1.32 bits per heavy atom. The quantitative estimate of drug-likeness (QED) is 0.792. The number of hydrogen-bond donors (Lipinski definition) is 0. The lowest BCUT2D eigenvalue weighted by Crippen LogP contribution is -2.37. The molecule has 1 amide bonds. The number of amides is 1. The minimum absolute atomic E-state index is 0.0330. The Kier molecular flexibility index (Phi) is 5.08. The number of rotatable bonds is 4. The summed E-state index contributed by atoms with van der Waals surface area (Å²) in [5.74, 6) is 0. The number of ether oxygens (including phenoxy) is 1. The van der Waals surface area contributed by atoms with Crippen LogP contribution in [0.15, 0.2) is 18.2 Å². The van der Waals surface area contributed by atoms with Crippen molar-refractivity contribution in [2.75, 3.05) is 12.8 Å². The lowest BCUT2D eigenvalue weighted by Gasteiger charge is -2.29. The van der Waals surface area contributed by atoms with E-state index in [9.17, 15) is 13.2 Å². The van der Waals surface area contributed by atoms with Gasteiger partial charge >= 0.3 is 6.09 Å². The predicted molar refractivity (Wildman–Crippen MR) is 81.8 cm³/mol. The lowest BCUT2D eigenvalue weighted by atomic mass is 9.98. The highest BCUT2D eigenvalue weighted by atomic mass is 32.2. The van der Waals surface area contributed by atoms with Gasteiger partial charge in [0.25, 0.3) is 10.1 Å². The number of carbonyl (C=O) groups excluding carboxylic acids is 1. The monoisotopic (exact) mass is 327 g/mol. The molecule has 22 heavy (non-hydrogen) atoms. The molecule has 1 aliphatic rings. The third-order valence-electron chi connectivity index (χ3n) is 3.32. The van der Waals surface area contributed by atoms with Crippen LogP contribution < -0.4 is 0 Å². The number of carbonyl (C=O) groups is 1. The van der Waals surface area contributed by atoms with E-state index < -0.39 is 10.1 Å². The van der Waals surface area contributed by atoms with Gasteiger partial charge in [-0.2, -0.15) is 8.42 Å². The average molecular weight is 327 g/mol. The van der Waals surface area contributed by atoms with E-state index in [1.165, 1.54) is 0 Å².